The molecular weight excluding hydrogens is 260 g/mol. The van der Waals surface area contributed by atoms with Gasteiger partial charge in [0.2, 0.25) is 0 Å². The van der Waals surface area contributed by atoms with E-state index in [9.17, 15) is 0 Å². The van der Waals surface area contributed by atoms with Crippen molar-refractivity contribution in [1.82, 2.24) is 14.9 Å². The number of hydrogen-bond acceptors (Lipinski definition) is 4. The number of nitrogens with zero attached hydrogens (tertiary/aromatic N) is 4. The van der Waals surface area contributed by atoms with E-state index in [1.54, 1.807) is 0 Å². The smallest absolute Gasteiger partial charge is 0.128 e. The number of rotatable bonds is 3. The minimum Gasteiger partial charge on any atom is -0.363 e. The van der Waals surface area contributed by atoms with Crippen molar-refractivity contribution in [3.63, 3.8) is 0 Å². The van der Waals surface area contributed by atoms with Crippen LogP contribution in [0.5, 0.6) is 0 Å². The molecule has 2 rings (SSSR count). The van der Waals surface area contributed by atoms with E-state index in [-0.39, 0.29) is 0 Å². The minimum absolute atomic E-state index is 0.918. The summed E-state index contributed by atoms with van der Waals surface area (Å²) in [7, 11) is 8.07. The number of anilines is 1. The molecule has 4 nitrogen and oxygen atoms in total. The molecular formula is C17H26N4. The summed E-state index contributed by atoms with van der Waals surface area (Å²) in [5.41, 5.74) is 3.66. The Morgan fingerprint density at radius 2 is 1.43 bits per heavy atom. The van der Waals surface area contributed by atoms with Crippen molar-refractivity contribution < 1.29 is 0 Å². The van der Waals surface area contributed by atoms with Crippen LogP contribution in [0.3, 0.4) is 0 Å². The van der Waals surface area contributed by atoms with Gasteiger partial charge in [-0.3, -0.25) is 4.98 Å². The minimum atomic E-state index is 0.918. The summed E-state index contributed by atoms with van der Waals surface area (Å²) >= 11 is 0. The molecule has 0 radical (unpaired) electrons. The lowest BCUT2D eigenvalue weighted by atomic mass is 10.2. The lowest BCUT2D eigenvalue weighted by Crippen LogP contribution is -2.11. The van der Waals surface area contributed by atoms with Gasteiger partial charge in [0.25, 0.3) is 0 Å². The third kappa shape index (κ3) is 6.86. The molecule has 0 aliphatic rings. The van der Waals surface area contributed by atoms with Crippen LogP contribution in [-0.2, 0) is 6.54 Å². The molecule has 0 fully saturated rings. The summed E-state index contributed by atoms with van der Waals surface area (Å²) in [5.74, 6) is 1.01. The second-order valence-corrected chi connectivity index (χ2v) is 5.65. The van der Waals surface area contributed by atoms with E-state index in [1.807, 2.05) is 57.6 Å². The summed E-state index contributed by atoms with van der Waals surface area (Å²) < 4.78 is 0. The highest BCUT2D eigenvalue weighted by atomic mass is 15.1. The van der Waals surface area contributed by atoms with Gasteiger partial charge in [0.1, 0.15) is 5.82 Å². The van der Waals surface area contributed by atoms with Crippen molar-refractivity contribution in [1.29, 1.82) is 0 Å². The fourth-order valence-corrected chi connectivity index (χ4v) is 1.77. The van der Waals surface area contributed by atoms with Crippen LogP contribution in [0.4, 0.5) is 5.82 Å². The lowest BCUT2D eigenvalue weighted by molar-refractivity contribution is 0.397. The summed E-state index contributed by atoms with van der Waals surface area (Å²) in [6, 6.07) is 8.17. The zero-order valence-corrected chi connectivity index (χ0v) is 14.0. The maximum absolute atomic E-state index is 4.24. The average Bonchev–Trinajstić information content (AvgIpc) is 2.38. The van der Waals surface area contributed by atoms with Crippen LogP contribution < -0.4 is 4.90 Å². The molecule has 2 aromatic heterocycles. The lowest BCUT2D eigenvalue weighted by Gasteiger charge is -2.10. The Bertz CT molecular complexity index is 550. The summed E-state index contributed by atoms with van der Waals surface area (Å²) in [5, 5.41) is 0. The van der Waals surface area contributed by atoms with Crippen LogP contribution in [0.2, 0.25) is 0 Å². The fourth-order valence-electron chi connectivity index (χ4n) is 1.77. The third-order valence-corrected chi connectivity index (χ3v) is 2.81. The molecule has 0 saturated heterocycles. The maximum atomic E-state index is 4.24. The number of aromatic nitrogens is 2. The normalized spacial score (nSPS) is 10.0. The first-order valence-corrected chi connectivity index (χ1v) is 7.04. The summed E-state index contributed by atoms with van der Waals surface area (Å²) in [6.45, 7) is 5.07. The van der Waals surface area contributed by atoms with Gasteiger partial charge in [-0.2, -0.15) is 0 Å². The van der Waals surface area contributed by atoms with Crippen molar-refractivity contribution in [3.8, 4) is 0 Å². The first-order valence-electron chi connectivity index (χ1n) is 7.04. The molecule has 2 aromatic rings. The molecule has 0 atom stereocenters. The van der Waals surface area contributed by atoms with Gasteiger partial charge in [-0.05, 0) is 63.3 Å². The predicted octanol–water partition coefficient (Wildman–Crippen LogP) is 2.91. The van der Waals surface area contributed by atoms with Gasteiger partial charge in [0.15, 0.2) is 0 Å². The largest absolute Gasteiger partial charge is 0.363 e. The molecule has 0 bridgehead atoms. The maximum Gasteiger partial charge on any atom is 0.128 e. The zero-order chi connectivity index (χ0) is 15.8. The zero-order valence-electron chi connectivity index (χ0n) is 14.0. The van der Waals surface area contributed by atoms with Gasteiger partial charge in [0, 0.05) is 33.0 Å². The number of pyridine rings is 2. The van der Waals surface area contributed by atoms with Crippen LogP contribution in [0.15, 0.2) is 36.7 Å². The van der Waals surface area contributed by atoms with Gasteiger partial charge >= 0.3 is 0 Å². The van der Waals surface area contributed by atoms with Crippen LogP contribution in [0, 0.1) is 13.8 Å². The van der Waals surface area contributed by atoms with Crippen molar-refractivity contribution in [3.05, 3.63) is 53.5 Å². The molecule has 4 heteroatoms. The fraction of sp³-hybridized carbons (Fsp3) is 0.412. The molecule has 0 aromatic carbocycles. The number of hydrogen-bond donors (Lipinski definition) is 0. The monoisotopic (exact) mass is 286 g/mol. The molecule has 21 heavy (non-hydrogen) atoms. The molecule has 0 unspecified atom stereocenters. The van der Waals surface area contributed by atoms with E-state index >= 15 is 0 Å². The molecule has 114 valence electrons. The van der Waals surface area contributed by atoms with Gasteiger partial charge in [-0.25, -0.2) is 4.98 Å². The highest BCUT2D eigenvalue weighted by Crippen LogP contribution is 2.07. The summed E-state index contributed by atoms with van der Waals surface area (Å²) in [6.07, 6.45) is 3.68. The highest BCUT2D eigenvalue weighted by Gasteiger charge is 1.95. The molecule has 0 spiro atoms. The van der Waals surface area contributed by atoms with Gasteiger partial charge in [0.05, 0.1) is 5.69 Å². The van der Waals surface area contributed by atoms with E-state index in [1.165, 1.54) is 11.1 Å². The first-order chi connectivity index (χ1) is 9.88. The first kappa shape index (κ1) is 17.1. The Kier molecular flexibility index (Phi) is 6.82. The van der Waals surface area contributed by atoms with E-state index in [0.29, 0.717) is 0 Å². The van der Waals surface area contributed by atoms with Gasteiger partial charge in [-0.1, -0.05) is 0 Å². The molecule has 0 amide bonds. The van der Waals surface area contributed by atoms with Gasteiger partial charge in [-0.15, -0.1) is 0 Å². The third-order valence-electron chi connectivity index (χ3n) is 2.81. The van der Waals surface area contributed by atoms with Crippen LogP contribution in [0.25, 0.3) is 0 Å². The van der Waals surface area contributed by atoms with Crippen molar-refractivity contribution in [2.45, 2.75) is 20.4 Å². The van der Waals surface area contributed by atoms with Gasteiger partial charge < -0.3 is 9.80 Å². The molecule has 0 N–H and O–H groups in total. The molecule has 0 aliphatic carbocycles. The van der Waals surface area contributed by atoms with E-state index < -0.39 is 0 Å². The highest BCUT2D eigenvalue weighted by molar-refractivity contribution is 5.38. The van der Waals surface area contributed by atoms with E-state index in [0.717, 1.165) is 18.1 Å². The van der Waals surface area contributed by atoms with Crippen LogP contribution in [-0.4, -0.2) is 43.1 Å². The van der Waals surface area contributed by atoms with E-state index in [2.05, 4.69) is 40.8 Å². The standard InChI is InChI=1S/C9H14N2.C8H12N2/c1-8-4-5-10-9(6-8)7-11(2)3;1-7-4-5-9-8(6-7)10(2)3/h4-6H,7H2,1-3H3;4-6H,1-3H3. The van der Waals surface area contributed by atoms with Crippen LogP contribution >= 0.6 is 0 Å². The Balaban J connectivity index is 0.000000211. The topological polar surface area (TPSA) is 32.3 Å². The SMILES string of the molecule is Cc1ccnc(CN(C)C)c1.Cc1ccnc(N(C)C)c1. The number of aryl methyl sites for hydroxylation is 2. The molecule has 2 heterocycles. The van der Waals surface area contributed by atoms with Crippen molar-refractivity contribution >= 4 is 5.82 Å². The predicted molar refractivity (Wildman–Crippen MR) is 89.7 cm³/mol. The van der Waals surface area contributed by atoms with Crippen molar-refractivity contribution in [2.24, 2.45) is 0 Å². The van der Waals surface area contributed by atoms with E-state index in [4.69, 9.17) is 0 Å². The Morgan fingerprint density at radius 1 is 0.857 bits per heavy atom. The van der Waals surface area contributed by atoms with Crippen molar-refractivity contribution in [2.75, 3.05) is 33.1 Å². The molecule has 0 aliphatic heterocycles. The quantitative estimate of drug-likeness (QED) is 0.868. The summed E-state index contributed by atoms with van der Waals surface area (Å²) in [4.78, 5) is 12.5. The Labute approximate surface area is 128 Å². The second kappa shape index (κ2) is 8.37. The average molecular weight is 286 g/mol. The molecule has 0 saturated carbocycles. The Hall–Kier alpha value is -1.94. The second-order valence-electron chi connectivity index (χ2n) is 5.65. The van der Waals surface area contributed by atoms with Crippen LogP contribution in [0.1, 0.15) is 16.8 Å². The Morgan fingerprint density at radius 3 is 1.86 bits per heavy atom.